The molecule has 1 saturated heterocycles. The number of benzene rings is 1. The van der Waals surface area contributed by atoms with Gasteiger partial charge in [0.2, 0.25) is 5.91 Å². The van der Waals surface area contributed by atoms with Gasteiger partial charge < -0.3 is 10.0 Å². The molecule has 1 aromatic carbocycles. The van der Waals surface area contributed by atoms with E-state index >= 15 is 0 Å². The Bertz CT molecular complexity index is 529. The van der Waals surface area contributed by atoms with Crippen molar-refractivity contribution in [3.8, 4) is 0 Å². The van der Waals surface area contributed by atoms with Gasteiger partial charge in [0.05, 0.1) is 12.5 Å². The van der Waals surface area contributed by atoms with E-state index in [0.717, 1.165) is 51.0 Å². The Balaban J connectivity index is 1.53. The molecule has 2 atom stereocenters. The average Bonchev–Trinajstić information content (AvgIpc) is 2.96. The zero-order chi connectivity index (χ0) is 15.5. The second kappa shape index (κ2) is 6.99. The van der Waals surface area contributed by atoms with E-state index in [1.54, 1.807) is 0 Å². The Morgan fingerprint density at radius 1 is 1.18 bits per heavy atom. The number of hydrogen-bond donors (Lipinski definition) is 1. The number of hydrogen-bond acceptors (Lipinski definition) is 3. The predicted molar refractivity (Wildman–Crippen MR) is 87.0 cm³/mol. The van der Waals surface area contributed by atoms with Crippen LogP contribution in [0.3, 0.4) is 0 Å². The van der Waals surface area contributed by atoms with Crippen LogP contribution in [0.5, 0.6) is 0 Å². The second-order valence-corrected chi connectivity index (χ2v) is 6.66. The first-order valence-electron chi connectivity index (χ1n) is 8.08. The SMILES string of the molecule is O=C(Cc1ccccc1Cl)N1CCN([C@@H]2CCC[C@H]2O)CC1. The quantitative estimate of drug-likeness (QED) is 0.925. The number of piperazine rings is 1. The van der Waals surface area contributed by atoms with E-state index in [9.17, 15) is 9.90 Å². The molecule has 4 nitrogen and oxygen atoms in total. The molecule has 1 saturated carbocycles. The molecule has 5 heteroatoms. The van der Waals surface area contributed by atoms with Gasteiger partial charge in [-0.15, -0.1) is 0 Å². The maximum Gasteiger partial charge on any atom is 0.227 e. The summed E-state index contributed by atoms with van der Waals surface area (Å²) in [5.41, 5.74) is 0.891. The minimum absolute atomic E-state index is 0.139. The summed E-state index contributed by atoms with van der Waals surface area (Å²) in [5.74, 6) is 0.139. The fourth-order valence-corrected chi connectivity index (χ4v) is 3.77. The minimum atomic E-state index is -0.189. The number of amides is 1. The fraction of sp³-hybridized carbons (Fsp3) is 0.588. The molecule has 2 fully saturated rings. The summed E-state index contributed by atoms with van der Waals surface area (Å²) in [7, 11) is 0. The third-order valence-corrected chi connectivity index (χ3v) is 5.25. The van der Waals surface area contributed by atoms with Crippen LogP contribution in [0.1, 0.15) is 24.8 Å². The van der Waals surface area contributed by atoms with Gasteiger partial charge in [-0.1, -0.05) is 29.8 Å². The molecule has 0 spiro atoms. The molecule has 1 N–H and O–H groups in total. The molecule has 1 aliphatic heterocycles. The summed E-state index contributed by atoms with van der Waals surface area (Å²) in [6.07, 6.45) is 3.28. The molecule has 22 heavy (non-hydrogen) atoms. The molecule has 1 amide bonds. The van der Waals surface area contributed by atoms with Crippen LogP contribution in [0.4, 0.5) is 0 Å². The van der Waals surface area contributed by atoms with Crippen molar-refractivity contribution in [3.63, 3.8) is 0 Å². The van der Waals surface area contributed by atoms with Gasteiger partial charge in [0.15, 0.2) is 0 Å². The van der Waals surface area contributed by atoms with Gasteiger partial charge in [0.1, 0.15) is 0 Å². The van der Waals surface area contributed by atoms with E-state index in [2.05, 4.69) is 4.90 Å². The van der Waals surface area contributed by atoms with Crippen molar-refractivity contribution in [1.29, 1.82) is 0 Å². The highest BCUT2D eigenvalue weighted by Crippen LogP contribution is 2.25. The zero-order valence-corrected chi connectivity index (χ0v) is 13.5. The van der Waals surface area contributed by atoms with Crippen LogP contribution >= 0.6 is 11.6 Å². The Morgan fingerprint density at radius 3 is 2.55 bits per heavy atom. The van der Waals surface area contributed by atoms with Crippen molar-refractivity contribution in [3.05, 3.63) is 34.9 Å². The summed E-state index contributed by atoms with van der Waals surface area (Å²) in [5, 5.41) is 10.7. The van der Waals surface area contributed by atoms with Crippen molar-refractivity contribution >= 4 is 17.5 Å². The third-order valence-electron chi connectivity index (χ3n) is 4.88. The fourth-order valence-electron chi connectivity index (χ4n) is 3.57. The average molecular weight is 323 g/mol. The van der Waals surface area contributed by atoms with Crippen LogP contribution in [0.2, 0.25) is 5.02 Å². The first-order valence-corrected chi connectivity index (χ1v) is 8.46. The number of aliphatic hydroxyl groups is 1. The van der Waals surface area contributed by atoms with Crippen molar-refractivity contribution in [2.75, 3.05) is 26.2 Å². The molecule has 0 unspecified atom stereocenters. The highest BCUT2D eigenvalue weighted by atomic mass is 35.5. The first-order chi connectivity index (χ1) is 10.6. The van der Waals surface area contributed by atoms with Gasteiger partial charge >= 0.3 is 0 Å². The number of nitrogens with zero attached hydrogens (tertiary/aromatic N) is 2. The van der Waals surface area contributed by atoms with Crippen LogP contribution in [0, 0.1) is 0 Å². The lowest BCUT2D eigenvalue weighted by Gasteiger charge is -2.39. The topological polar surface area (TPSA) is 43.8 Å². The Hall–Kier alpha value is -1.10. The Kier molecular flexibility index (Phi) is 5.01. The van der Waals surface area contributed by atoms with Gasteiger partial charge in [0.25, 0.3) is 0 Å². The summed E-state index contributed by atoms with van der Waals surface area (Å²) in [4.78, 5) is 16.7. The predicted octanol–water partition coefficient (Wildman–Crippen LogP) is 1.94. The summed E-state index contributed by atoms with van der Waals surface area (Å²) in [6, 6.07) is 7.81. The second-order valence-electron chi connectivity index (χ2n) is 6.25. The van der Waals surface area contributed by atoms with Gasteiger partial charge in [-0.3, -0.25) is 9.69 Å². The van der Waals surface area contributed by atoms with Crippen LogP contribution in [0.15, 0.2) is 24.3 Å². The highest BCUT2D eigenvalue weighted by Gasteiger charge is 2.33. The van der Waals surface area contributed by atoms with Crippen molar-refractivity contribution in [2.24, 2.45) is 0 Å². The Labute approximate surface area is 136 Å². The summed E-state index contributed by atoms with van der Waals surface area (Å²) >= 11 is 6.13. The molecule has 1 heterocycles. The van der Waals surface area contributed by atoms with E-state index in [1.807, 2.05) is 29.2 Å². The standard InChI is InChI=1S/C17H23ClN2O2/c18-14-5-2-1-4-13(14)12-17(22)20-10-8-19(9-11-20)15-6-3-7-16(15)21/h1-2,4-5,15-16,21H,3,6-12H2/t15-,16-/m1/s1. The lowest BCUT2D eigenvalue weighted by Crippen LogP contribution is -2.53. The lowest BCUT2D eigenvalue weighted by molar-refractivity contribution is -0.132. The van der Waals surface area contributed by atoms with E-state index < -0.39 is 0 Å². The van der Waals surface area contributed by atoms with Crippen LogP contribution < -0.4 is 0 Å². The third kappa shape index (κ3) is 3.45. The van der Waals surface area contributed by atoms with E-state index in [1.165, 1.54) is 0 Å². The first kappa shape index (κ1) is 15.8. The van der Waals surface area contributed by atoms with E-state index in [4.69, 9.17) is 11.6 Å². The number of aliphatic hydroxyl groups excluding tert-OH is 1. The maximum atomic E-state index is 12.4. The van der Waals surface area contributed by atoms with Gasteiger partial charge in [-0.25, -0.2) is 0 Å². The normalized spacial score (nSPS) is 26.4. The maximum absolute atomic E-state index is 12.4. The Morgan fingerprint density at radius 2 is 1.91 bits per heavy atom. The smallest absolute Gasteiger partial charge is 0.227 e. The van der Waals surface area contributed by atoms with E-state index in [-0.39, 0.29) is 12.0 Å². The molecule has 3 rings (SSSR count). The van der Waals surface area contributed by atoms with Crippen molar-refractivity contribution < 1.29 is 9.90 Å². The molecule has 1 aromatic rings. The van der Waals surface area contributed by atoms with Crippen molar-refractivity contribution in [1.82, 2.24) is 9.80 Å². The lowest BCUT2D eigenvalue weighted by atomic mass is 10.1. The molecular weight excluding hydrogens is 300 g/mol. The molecule has 120 valence electrons. The number of carbonyl (C=O) groups excluding carboxylic acids is 1. The molecular formula is C17H23ClN2O2. The largest absolute Gasteiger partial charge is 0.391 e. The van der Waals surface area contributed by atoms with Gasteiger partial charge in [-0.2, -0.15) is 0 Å². The number of carbonyl (C=O) groups is 1. The summed E-state index contributed by atoms with van der Waals surface area (Å²) < 4.78 is 0. The van der Waals surface area contributed by atoms with Crippen LogP contribution in [0.25, 0.3) is 0 Å². The van der Waals surface area contributed by atoms with Crippen molar-refractivity contribution in [2.45, 2.75) is 37.8 Å². The van der Waals surface area contributed by atoms with Gasteiger partial charge in [-0.05, 0) is 30.9 Å². The van der Waals surface area contributed by atoms with Crippen LogP contribution in [-0.4, -0.2) is 59.1 Å². The van der Waals surface area contributed by atoms with E-state index in [0.29, 0.717) is 17.5 Å². The minimum Gasteiger partial charge on any atom is -0.391 e. The molecule has 0 bridgehead atoms. The monoisotopic (exact) mass is 322 g/mol. The van der Waals surface area contributed by atoms with Crippen LogP contribution in [-0.2, 0) is 11.2 Å². The molecule has 2 aliphatic rings. The summed E-state index contributed by atoms with van der Waals surface area (Å²) in [6.45, 7) is 3.20. The number of halogens is 1. The highest BCUT2D eigenvalue weighted by molar-refractivity contribution is 6.31. The molecule has 0 radical (unpaired) electrons. The zero-order valence-electron chi connectivity index (χ0n) is 12.7. The molecule has 0 aromatic heterocycles. The van der Waals surface area contributed by atoms with Gasteiger partial charge in [0, 0.05) is 37.2 Å². The molecule has 1 aliphatic carbocycles. The number of rotatable bonds is 3.